The molecule has 6 nitrogen and oxygen atoms in total. The number of rotatable bonds is 0. The maximum atomic E-state index is 5.96. The molecule has 4 rings (SSSR count). The Labute approximate surface area is 115 Å². The maximum absolute atomic E-state index is 5.96. The van der Waals surface area contributed by atoms with Crippen LogP contribution in [-0.2, 0) is 5.54 Å². The van der Waals surface area contributed by atoms with E-state index in [9.17, 15) is 0 Å². The summed E-state index contributed by atoms with van der Waals surface area (Å²) in [4.78, 5) is 10.8. The molecule has 4 heterocycles. The van der Waals surface area contributed by atoms with Crippen molar-refractivity contribution in [3.8, 4) is 5.69 Å². The van der Waals surface area contributed by atoms with Crippen molar-refractivity contribution in [2.45, 2.75) is 32.2 Å². The molecule has 2 aliphatic rings. The Morgan fingerprint density at radius 3 is 3.05 bits per heavy atom. The second-order valence-corrected chi connectivity index (χ2v) is 5.62. The Morgan fingerprint density at radius 2 is 2.21 bits per heavy atom. The molecule has 1 saturated heterocycles. The van der Waals surface area contributed by atoms with E-state index in [2.05, 4.69) is 32.0 Å². The molecule has 2 aromatic rings. The standard InChI is InChI=1S/C12H13ClN6/c1-7-16-17-10-12(2)4-3-5-18(12)9-8(19(7)10)6-14-11(13)15-9/h6H,3-5H2,1-2H3/t12-/m0/s1. The fourth-order valence-corrected chi connectivity index (χ4v) is 3.37. The van der Waals surface area contributed by atoms with E-state index < -0.39 is 0 Å². The minimum atomic E-state index is -0.147. The zero-order chi connectivity index (χ0) is 13.2. The summed E-state index contributed by atoms with van der Waals surface area (Å²) in [6.07, 6.45) is 3.91. The molecule has 98 valence electrons. The minimum absolute atomic E-state index is 0.147. The lowest BCUT2D eigenvalue weighted by Gasteiger charge is -2.40. The number of aryl methyl sites for hydroxylation is 1. The SMILES string of the molecule is Cc1nnc2n1-c1cnc(Cl)nc1N1CCC[C@@]21C. The summed E-state index contributed by atoms with van der Waals surface area (Å²) in [5.74, 6) is 2.71. The summed E-state index contributed by atoms with van der Waals surface area (Å²) in [5.41, 5.74) is 0.771. The lowest BCUT2D eigenvalue weighted by atomic mass is 9.95. The van der Waals surface area contributed by atoms with Crippen LogP contribution in [0, 0.1) is 6.92 Å². The zero-order valence-electron chi connectivity index (χ0n) is 10.8. The lowest BCUT2D eigenvalue weighted by molar-refractivity contribution is 0.435. The highest BCUT2D eigenvalue weighted by atomic mass is 35.5. The largest absolute Gasteiger partial charge is 0.342 e. The molecule has 0 aliphatic carbocycles. The van der Waals surface area contributed by atoms with E-state index >= 15 is 0 Å². The Kier molecular flexibility index (Phi) is 2.02. The number of halogens is 1. The van der Waals surface area contributed by atoms with Gasteiger partial charge < -0.3 is 4.90 Å². The summed E-state index contributed by atoms with van der Waals surface area (Å²) < 4.78 is 2.05. The van der Waals surface area contributed by atoms with E-state index in [4.69, 9.17) is 11.6 Å². The number of anilines is 1. The first-order valence-electron chi connectivity index (χ1n) is 6.34. The number of hydrogen-bond acceptors (Lipinski definition) is 5. The summed E-state index contributed by atoms with van der Waals surface area (Å²) >= 11 is 5.96. The average molecular weight is 277 g/mol. The van der Waals surface area contributed by atoms with Crippen molar-refractivity contribution < 1.29 is 0 Å². The van der Waals surface area contributed by atoms with Crippen molar-refractivity contribution in [1.82, 2.24) is 24.7 Å². The molecule has 0 N–H and O–H groups in total. The molecular formula is C12H13ClN6. The molecule has 1 atom stereocenters. The number of fused-ring (bicyclic) bond motifs is 6. The Bertz CT molecular complexity index is 681. The first-order chi connectivity index (χ1) is 9.11. The van der Waals surface area contributed by atoms with E-state index in [1.54, 1.807) is 6.20 Å². The first kappa shape index (κ1) is 11.2. The van der Waals surface area contributed by atoms with Crippen LogP contribution in [0.2, 0.25) is 5.28 Å². The van der Waals surface area contributed by atoms with Crippen molar-refractivity contribution in [3.05, 3.63) is 23.1 Å². The van der Waals surface area contributed by atoms with Gasteiger partial charge in [0, 0.05) is 6.54 Å². The van der Waals surface area contributed by atoms with Gasteiger partial charge in [0.2, 0.25) is 5.28 Å². The van der Waals surface area contributed by atoms with Gasteiger partial charge in [-0.2, -0.15) is 4.98 Å². The predicted octanol–water partition coefficient (Wildman–Crippen LogP) is 1.85. The van der Waals surface area contributed by atoms with Crippen molar-refractivity contribution in [3.63, 3.8) is 0 Å². The number of nitrogens with zero attached hydrogens (tertiary/aromatic N) is 6. The Balaban J connectivity index is 2.09. The van der Waals surface area contributed by atoms with Crippen LogP contribution in [0.25, 0.3) is 5.69 Å². The lowest BCUT2D eigenvalue weighted by Crippen LogP contribution is -2.45. The Morgan fingerprint density at radius 1 is 1.37 bits per heavy atom. The highest BCUT2D eigenvalue weighted by Crippen LogP contribution is 2.46. The molecule has 0 radical (unpaired) electrons. The summed E-state index contributed by atoms with van der Waals surface area (Å²) in [6, 6.07) is 0. The minimum Gasteiger partial charge on any atom is -0.342 e. The maximum Gasteiger partial charge on any atom is 0.224 e. The predicted molar refractivity (Wildman–Crippen MR) is 70.6 cm³/mol. The average Bonchev–Trinajstić information content (AvgIpc) is 2.94. The molecule has 2 aromatic heterocycles. The number of hydrogen-bond donors (Lipinski definition) is 0. The molecule has 0 unspecified atom stereocenters. The number of aromatic nitrogens is 5. The molecule has 19 heavy (non-hydrogen) atoms. The smallest absolute Gasteiger partial charge is 0.224 e. The van der Waals surface area contributed by atoms with Crippen molar-refractivity contribution >= 4 is 17.4 Å². The Hall–Kier alpha value is -1.69. The van der Waals surface area contributed by atoms with Crippen LogP contribution in [0.5, 0.6) is 0 Å². The normalized spacial score (nSPS) is 24.1. The molecular weight excluding hydrogens is 264 g/mol. The van der Waals surface area contributed by atoms with E-state index in [0.29, 0.717) is 0 Å². The molecule has 1 fully saturated rings. The molecule has 0 saturated carbocycles. The first-order valence-corrected chi connectivity index (χ1v) is 6.72. The van der Waals surface area contributed by atoms with Gasteiger partial charge in [0.25, 0.3) is 0 Å². The molecule has 0 aromatic carbocycles. The van der Waals surface area contributed by atoms with Crippen LogP contribution in [0.15, 0.2) is 6.20 Å². The third kappa shape index (κ3) is 1.27. The molecule has 0 bridgehead atoms. The van der Waals surface area contributed by atoms with Gasteiger partial charge in [-0.25, -0.2) is 4.98 Å². The molecule has 0 amide bonds. The fraction of sp³-hybridized carbons (Fsp3) is 0.500. The quantitative estimate of drug-likeness (QED) is 0.687. The topological polar surface area (TPSA) is 59.7 Å². The van der Waals surface area contributed by atoms with E-state index in [-0.39, 0.29) is 10.8 Å². The van der Waals surface area contributed by atoms with Crippen LogP contribution in [0.1, 0.15) is 31.4 Å². The molecule has 7 heteroatoms. The van der Waals surface area contributed by atoms with Crippen molar-refractivity contribution in [1.29, 1.82) is 0 Å². The summed E-state index contributed by atoms with van der Waals surface area (Å²) in [6.45, 7) is 5.10. The summed E-state index contributed by atoms with van der Waals surface area (Å²) in [7, 11) is 0. The van der Waals surface area contributed by atoms with Crippen LogP contribution in [0.4, 0.5) is 5.82 Å². The van der Waals surface area contributed by atoms with Gasteiger partial charge in [0.1, 0.15) is 11.5 Å². The van der Waals surface area contributed by atoms with E-state index in [1.165, 1.54) is 0 Å². The van der Waals surface area contributed by atoms with Gasteiger partial charge in [0.15, 0.2) is 11.6 Å². The van der Waals surface area contributed by atoms with Gasteiger partial charge in [-0.3, -0.25) is 4.57 Å². The van der Waals surface area contributed by atoms with Gasteiger partial charge in [-0.1, -0.05) is 0 Å². The molecule has 0 spiro atoms. The van der Waals surface area contributed by atoms with E-state index in [0.717, 1.165) is 42.5 Å². The zero-order valence-corrected chi connectivity index (χ0v) is 11.5. The van der Waals surface area contributed by atoms with Crippen molar-refractivity contribution in [2.75, 3.05) is 11.4 Å². The van der Waals surface area contributed by atoms with Crippen molar-refractivity contribution in [2.24, 2.45) is 0 Å². The van der Waals surface area contributed by atoms with Crippen LogP contribution >= 0.6 is 11.6 Å². The molecule has 2 aliphatic heterocycles. The highest BCUT2D eigenvalue weighted by Gasteiger charge is 2.47. The second-order valence-electron chi connectivity index (χ2n) is 5.28. The van der Waals surface area contributed by atoms with Crippen LogP contribution in [-0.4, -0.2) is 31.3 Å². The highest BCUT2D eigenvalue weighted by molar-refractivity contribution is 6.28. The van der Waals surface area contributed by atoms with E-state index in [1.807, 2.05) is 11.5 Å². The van der Waals surface area contributed by atoms with Crippen LogP contribution < -0.4 is 4.90 Å². The third-order valence-corrected chi connectivity index (χ3v) is 4.35. The second kappa shape index (κ2) is 3.45. The van der Waals surface area contributed by atoms with Gasteiger partial charge >= 0.3 is 0 Å². The fourth-order valence-electron chi connectivity index (χ4n) is 3.24. The third-order valence-electron chi connectivity index (χ3n) is 4.16. The summed E-state index contributed by atoms with van der Waals surface area (Å²) in [5, 5.41) is 8.88. The van der Waals surface area contributed by atoms with Gasteiger partial charge in [-0.15, -0.1) is 10.2 Å². The monoisotopic (exact) mass is 276 g/mol. The van der Waals surface area contributed by atoms with Gasteiger partial charge in [-0.05, 0) is 38.3 Å². The van der Waals surface area contributed by atoms with Gasteiger partial charge in [0.05, 0.1) is 11.7 Å². The van der Waals surface area contributed by atoms with Crippen LogP contribution in [0.3, 0.4) is 0 Å².